The Labute approximate surface area is 72.3 Å². The molecule has 0 fully saturated rings. The molecule has 11 heavy (non-hydrogen) atoms. The van der Waals surface area contributed by atoms with Gasteiger partial charge in [-0.05, 0) is 0 Å². The minimum atomic E-state index is 0.0377. The number of hydrogen-bond donors (Lipinski definition) is 0. The Bertz CT molecular complexity index is 244. The van der Waals surface area contributed by atoms with E-state index in [0.29, 0.717) is 0 Å². The van der Waals surface area contributed by atoms with Crippen LogP contribution in [0.1, 0.15) is 20.8 Å². The zero-order valence-corrected chi connectivity index (χ0v) is 7.85. The van der Waals surface area contributed by atoms with Crippen molar-refractivity contribution in [2.24, 2.45) is 5.41 Å². The fraction of sp³-hybridized carbons (Fsp3) is 0.500. The van der Waals surface area contributed by atoms with Gasteiger partial charge in [-0.3, -0.25) is 4.57 Å². The first-order valence-corrected chi connectivity index (χ1v) is 3.95. The van der Waals surface area contributed by atoms with E-state index in [1.165, 1.54) is 0 Å². The van der Waals surface area contributed by atoms with Gasteiger partial charge in [0.05, 0.1) is 11.3 Å². The number of thiocarbonyl (C=S) groups is 1. The molecule has 0 aliphatic rings. The summed E-state index contributed by atoms with van der Waals surface area (Å²) in [5.74, 6) is 0. The van der Waals surface area contributed by atoms with Gasteiger partial charge in [0, 0.05) is 17.8 Å². The van der Waals surface area contributed by atoms with Crippen molar-refractivity contribution in [2.45, 2.75) is 20.8 Å². The molecule has 0 radical (unpaired) electrons. The Morgan fingerprint density at radius 1 is 1.45 bits per heavy atom. The standard InChI is InChI=1S/C8H12N2S/c1-8(2,3)7(11)10-5-4-9-6-10/h4-6H,1-3H3. The summed E-state index contributed by atoms with van der Waals surface area (Å²) in [6.45, 7) is 6.28. The van der Waals surface area contributed by atoms with Gasteiger partial charge in [-0.25, -0.2) is 4.98 Å². The van der Waals surface area contributed by atoms with Crippen LogP contribution in [-0.4, -0.2) is 14.5 Å². The molecule has 0 unspecified atom stereocenters. The van der Waals surface area contributed by atoms with Crippen molar-refractivity contribution in [3.63, 3.8) is 0 Å². The van der Waals surface area contributed by atoms with Crippen LogP contribution in [0.25, 0.3) is 0 Å². The van der Waals surface area contributed by atoms with Crippen molar-refractivity contribution in [3.8, 4) is 0 Å². The van der Waals surface area contributed by atoms with E-state index >= 15 is 0 Å². The molecule has 0 atom stereocenters. The van der Waals surface area contributed by atoms with E-state index in [1.54, 1.807) is 12.5 Å². The first kappa shape index (κ1) is 8.40. The van der Waals surface area contributed by atoms with E-state index in [0.717, 1.165) is 4.99 Å². The highest BCUT2D eigenvalue weighted by atomic mass is 32.1. The van der Waals surface area contributed by atoms with E-state index in [-0.39, 0.29) is 5.41 Å². The van der Waals surface area contributed by atoms with Crippen molar-refractivity contribution in [1.82, 2.24) is 9.55 Å². The average molecular weight is 168 g/mol. The maximum atomic E-state index is 5.23. The monoisotopic (exact) mass is 168 g/mol. The van der Waals surface area contributed by atoms with Crippen LogP contribution in [0, 0.1) is 5.41 Å². The predicted octanol–water partition coefficient (Wildman–Crippen LogP) is 2.10. The third-order valence-corrected chi connectivity index (χ3v) is 2.20. The highest BCUT2D eigenvalue weighted by Gasteiger charge is 2.17. The van der Waals surface area contributed by atoms with Gasteiger partial charge < -0.3 is 0 Å². The molecular weight excluding hydrogens is 156 g/mol. The SMILES string of the molecule is CC(C)(C)C(=S)n1ccnc1. The van der Waals surface area contributed by atoms with E-state index in [9.17, 15) is 0 Å². The molecule has 0 aliphatic heterocycles. The lowest BCUT2D eigenvalue weighted by atomic mass is 9.97. The number of aromatic nitrogens is 2. The Morgan fingerprint density at radius 2 is 2.09 bits per heavy atom. The van der Waals surface area contributed by atoms with Gasteiger partial charge >= 0.3 is 0 Å². The minimum absolute atomic E-state index is 0.0377. The van der Waals surface area contributed by atoms with Crippen molar-refractivity contribution >= 4 is 17.2 Å². The van der Waals surface area contributed by atoms with Crippen LogP contribution in [0.4, 0.5) is 0 Å². The van der Waals surface area contributed by atoms with Gasteiger partial charge in [0.15, 0.2) is 0 Å². The van der Waals surface area contributed by atoms with Gasteiger partial charge in [-0.15, -0.1) is 0 Å². The first-order chi connectivity index (χ1) is 5.02. The van der Waals surface area contributed by atoms with Crippen molar-refractivity contribution in [3.05, 3.63) is 18.7 Å². The van der Waals surface area contributed by atoms with Crippen LogP contribution in [0.2, 0.25) is 0 Å². The quantitative estimate of drug-likeness (QED) is 0.552. The van der Waals surface area contributed by atoms with E-state index in [1.807, 2.05) is 10.8 Å². The zero-order chi connectivity index (χ0) is 8.48. The lowest BCUT2D eigenvalue weighted by Crippen LogP contribution is -2.24. The molecule has 1 rings (SSSR count). The van der Waals surface area contributed by atoms with Crippen LogP contribution in [-0.2, 0) is 0 Å². The molecule has 0 saturated heterocycles. The van der Waals surface area contributed by atoms with Crippen LogP contribution in [0.15, 0.2) is 18.7 Å². The molecule has 0 saturated carbocycles. The molecule has 1 aromatic rings. The molecule has 0 bridgehead atoms. The Morgan fingerprint density at radius 3 is 2.45 bits per heavy atom. The fourth-order valence-corrected chi connectivity index (χ4v) is 0.875. The van der Waals surface area contributed by atoms with Gasteiger partial charge in [0.25, 0.3) is 0 Å². The predicted molar refractivity (Wildman–Crippen MR) is 49.7 cm³/mol. The molecule has 3 heteroatoms. The second-order valence-corrected chi connectivity index (χ2v) is 3.91. The Kier molecular flexibility index (Phi) is 2.09. The lowest BCUT2D eigenvalue weighted by Gasteiger charge is -2.19. The second-order valence-electron chi connectivity index (χ2n) is 3.53. The maximum Gasteiger partial charge on any atom is 0.0995 e. The van der Waals surface area contributed by atoms with Gasteiger partial charge in [-0.2, -0.15) is 0 Å². The van der Waals surface area contributed by atoms with Gasteiger partial charge in [0.2, 0.25) is 0 Å². The summed E-state index contributed by atoms with van der Waals surface area (Å²) in [5.41, 5.74) is 0.0377. The van der Waals surface area contributed by atoms with E-state index in [4.69, 9.17) is 12.2 Å². The number of nitrogens with zero attached hydrogens (tertiary/aromatic N) is 2. The van der Waals surface area contributed by atoms with E-state index in [2.05, 4.69) is 25.8 Å². The topological polar surface area (TPSA) is 17.8 Å². The number of imidazole rings is 1. The molecule has 2 nitrogen and oxygen atoms in total. The molecule has 60 valence electrons. The van der Waals surface area contributed by atoms with Crippen LogP contribution in [0.3, 0.4) is 0 Å². The molecule has 0 N–H and O–H groups in total. The molecule has 0 aromatic carbocycles. The Hall–Kier alpha value is -0.700. The highest BCUT2D eigenvalue weighted by Crippen LogP contribution is 2.17. The average Bonchev–Trinajstić information content (AvgIpc) is 2.34. The number of rotatable bonds is 0. The molecule has 0 amide bonds. The van der Waals surface area contributed by atoms with Crippen LogP contribution in [0.5, 0.6) is 0 Å². The van der Waals surface area contributed by atoms with E-state index < -0.39 is 0 Å². The fourth-order valence-electron chi connectivity index (χ4n) is 0.767. The highest BCUT2D eigenvalue weighted by molar-refractivity contribution is 7.80. The summed E-state index contributed by atoms with van der Waals surface area (Å²) in [4.78, 5) is 4.83. The summed E-state index contributed by atoms with van der Waals surface area (Å²) < 4.78 is 1.87. The summed E-state index contributed by atoms with van der Waals surface area (Å²) in [5, 5.41) is 0. The summed E-state index contributed by atoms with van der Waals surface area (Å²) >= 11 is 5.23. The second kappa shape index (κ2) is 2.74. The molecule has 0 aliphatic carbocycles. The van der Waals surface area contributed by atoms with Gasteiger partial charge in [0.1, 0.15) is 0 Å². The molecule has 0 spiro atoms. The van der Waals surface area contributed by atoms with Crippen molar-refractivity contribution in [1.29, 1.82) is 0 Å². The minimum Gasteiger partial charge on any atom is -0.300 e. The van der Waals surface area contributed by atoms with Crippen LogP contribution >= 0.6 is 12.2 Å². The maximum absolute atomic E-state index is 5.23. The largest absolute Gasteiger partial charge is 0.300 e. The van der Waals surface area contributed by atoms with Crippen molar-refractivity contribution < 1.29 is 0 Å². The third kappa shape index (κ3) is 1.87. The van der Waals surface area contributed by atoms with Gasteiger partial charge in [-0.1, -0.05) is 33.0 Å². The van der Waals surface area contributed by atoms with Crippen molar-refractivity contribution in [2.75, 3.05) is 0 Å². The molecule has 1 heterocycles. The smallest absolute Gasteiger partial charge is 0.0995 e. The molecular formula is C8H12N2S. The van der Waals surface area contributed by atoms with Crippen LogP contribution < -0.4 is 0 Å². The molecule has 1 aromatic heterocycles. The Balaban J connectivity index is 2.88. The first-order valence-electron chi connectivity index (χ1n) is 3.54. The summed E-state index contributed by atoms with van der Waals surface area (Å²) in [6.07, 6.45) is 5.33. The zero-order valence-electron chi connectivity index (χ0n) is 7.03. The number of hydrogen-bond acceptors (Lipinski definition) is 2. The normalized spacial score (nSPS) is 11.5. The summed E-state index contributed by atoms with van der Waals surface area (Å²) in [7, 11) is 0. The summed E-state index contributed by atoms with van der Waals surface area (Å²) in [6, 6.07) is 0. The lowest BCUT2D eigenvalue weighted by molar-refractivity contribution is 0.582. The third-order valence-electron chi connectivity index (χ3n) is 1.38.